The molecule has 1 atom stereocenters. The molecule has 0 aromatic heterocycles. The fourth-order valence-corrected chi connectivity index (χ4v) is 2.13. The van der Waals surface area contributed by atoms with Crippen LogP contribution in [0, 0.1) is 0 Å². The predicted octanol–water partition coefficient (Wildman–Crippen LogP) is 3.86. The molecule has 0 spiro atoms. The van der Waals surface area contributed by atoms with Gasteiger partial charge >= 0.3 is 18.0 Å². The van der Waals surface area contributed by atoms with Gasteiger partial charge in [0, 0.05) is 14.7 Å². The summed E-state index contributed by atoms with van der Waals surface area (Å²) in [6.45, 7) is 0. The number of hydrogen-bond donors (Lipinski definition) is 1. The second-order valence-electron chi connectivity index (χ2n) is 2.91. The van der Waals surface area contributed by atoms with E-state index in [9.17, 15) is 0 Å². The topological polar surface area (TPSA) is 0 Å². The van der Waals surface area contributed by atoms with Crippen LogP contribution >= 0.6 is 24.4 Å². The number of hydrogen-bond acceptors (Lipinski definition) is 2. The van der Waals surface area contributed by atoms with Crippen molar-refractivity contribution < 1.29 is 28.2 Å². The van der Waals surface area contributed by atoms with Gasteiger partial charge in [-0.2, -0.15) is 0 Å². The van der Waals surface area contributed by atoms with Gasteiger partial charge in [0.15, 0.2) is 0 Å². The molecule has 0 heterocycles. The van der Waals surface area contributed by atoms with E-state index in [0.29, 0.717) is 0 Å². The number of thiol groups is 1. The van der Waals surface area contributed by atoms with Crippen LogP contribution in [0.1, 0.15) is 0 Å². The van der Waals surface area contributed by atoms with Gasteiger partial charge in [0.2, 0.25) is 0 Å². The first-order valence-electron chi connectivity index (χ1n) is 4.36. The third kappa shape index (κ3) is 12.7. The average Bonchev–Trinajstić information content (AvgIpc) is 2.23. The van der Waals surface area contributed by atoms with Gasteiger partial charge in [-0.1, -0.05) is 30.0 Å². The Balaban J connectivity index is -0.0000000804. The summed E-state index contributed by atoms with van der Waals surface area (Å²) in [4.78, 5) is 3.51. The summed E-state index contributed by atoms with van der Waals surface area (Å²) in [6, 6.07) is 18.5. The Kier molecular flexibility index (Phi) is 33.9. The van der Waals surface area contributed by atoms with Gasteiger partial charge in [0.25, 0.3) is 0 Å². The van der Waals surface area contributed by atoms with E-state index in [0.717, 1.165) is 4.90 Å². The molecule has 0 radical (unpaired) electrons. The Morgan fingerprint density at radius 1 is 0.571 bits per heavy atom. The quantitative estimate of drug-likeness (QED) is 0.441. The van der Waals surface area contributed by atoms with Crippen molar-refractivity contribution in [1.82, 2.24) is 0 Å². The fourth-order valence-electron chi connectivity index (χ4n) is 1.14. The molecule has 2 aromatic carbocycles. The Morgan fingerprint density at radius 2 is 0.952 bits per heavy atom. The van der Waals surface area contributed by atoms with E-state index in [4.69, 9.17) is 0 Å². The standard InChI is InChI=1S/C12H10S2.AsH3.6FH/c13-10-6-8-12(9-7-10)14-11-4-2-1-3-5-11;;;;;;;/h1-9,13H;1H3;6*1H. The average molecular weight is 416 g/mol. The van der Waals surface area contributed by atoms with Crippen molar-refractivity contribution in [3.8, 4) is 0 Å². The first-order valence-corrected chi connectivity index (χ1v) is 5.63. The zero-order valence-electron chi connectivity index (χ0n) is 10.7. The van der Waals surface area contributed by atoms with Crippen LogP contribution in [0.25, 0.3) is 0 Å². The van der Waals surface area contributed by atoms with Crippen molar-refractivity contribution in [2.75, 3.05) is 0 Å². The maximum absolute atomic E-state index is 4.25. The summed E-state index contributed by atoms with van der Waals surface area (Å²) >= 11 is 6.01. The fraction of sp³-hybridized carbons (Fsp3) is 0. The molecule has 126 valence electrons. The number of benzene rings is 2. The van der Waals surface area contributed by atoms with Gasteiger partial charge in [0.05, 0.1) is 0 Å². The molecule has 0 saturated heterocycles. The van der Waals surface area contributed by atoms with E-state index >= 15 is 0 Å². The van der Waals surface area contributed by atoms with Crippen molar-refractivity contribution in [1.29, 1.82) is 0 Å². The predicted molar refractivity (Wildman–Crippen MR) is 89.2 cm³/mol. The molecule has 0 aliphatic rings. The third-order valence-corrected chi connectivity index (χ3v) is 3.13. The Bertz CT molecular complexity index is 416. The molecule has 0 bridgehead atoms. The zero-order valence-corrected chi connectivity index (χ0v) is 15.4. The molecule has 2 aromatic rings. The summed E-state index contributed by atoms with van der Waals surface area (Å²) in [7, 11) is 0. The van der Waals surface area contributed by atoms with Crippen LogP contribution in [0.4, 0.5) is 28.2 Å². The molecule has 0 N–H and O–H groups in total. The molecular formula is C12H19AsF6S2. The molecule has 0 aliphatic heterocycles. The minimum atomic E-state index is 0. The van der Waals surface area contributed by atoms with Crippen LogP contribution in [0.5, 0.6) is 0 Å². The van der Waals surface area contributed by atoms with Gasteiger partial charge in [-0.3, -0.25) is 28.2 Å². The Labute approximate surface area is 140 Å². The molecule has 0 nitrogen and oxygen atoms in total. The van der Waals surface area contributed by atoms with Crippen LogP contribution in [-0.4, -0.2) is 18.0 Å². The van der Waals surface area contributed by atoms with Crippen LogP contribution in [0.3, 0.4) is 0 Å². The van der Waals surface area contributed by atoms with Crippen molar-refractivity contribution in [3.05, 3.63) is 54.6 Å². The van der Waals surface area contributed by atoms with Crippen molar-refractivity contribution in [2.45, 2.75) is 14.7 Å². The summed E-state index contributed by atoms with van der Waals surface area (Å²) < 4.78 is 0. The molecular weight excluding hydrogens is 397 g/mol. The monoisotopic (exact) mass is 416 g/mol. The third-order valence-electron chi connectivity index (χ3n) is 1.82. The van der Waals surface area contributed by atoms with Crippen molar-refractivity contribution in [2.24, 2.45) is 0 Å². The van der Waals surface area contributed by atoms with E-state index in [1.807, 2.05) is 18.2 Å². The molecule has 2 rings (SSSR count). The van der Waals surface area contributed by atoms with Crippen LogP contribution in [0.15, 0.2) is 69.3 Å². The normalized spacial score (nSPS) is 6.71. The summed E-state index contributed by atoms with van der Waals surface area (Å²) in [5, 5.41) is 0. The van der Waals surface area contributed by atoms with Gasteiger partial charge in [-0.05, 0) is 36.4 Å². The second kappa shape index (κ2) is 19.3. The number of rotatable bonds is 2. The molecule has 9 heteroatoms. The minimum absolute atomic E-state index is 0. The van der Waals surface area contributed by atoms with Crippen LogP contribution in [-0.2, 0) is 0 Å². The first-order chi connectivity index (χ1) is 6.84. The van der Waals surface area contributed by atoms with Crippen molar-refractivity contribution in [3.63, 3.8) is 0 Å². The SMILES string of the molecule is F.F.F.F.F.F.Sc1ccc(Sc2ccccc2)cc1.[AsH3]. The maximum atomic E-state index is 4.25. The van der Waals surface area contributed by atoms with Crippen molar-refractivity contribution >= 4 is 42.3 Å². The van der Waals surface area contributed by atoms with Gasteiger partial charge in [0.1, 0.15) is 0 Å². The van der Waals surface area contributed by atoms with E-state index in [1.165, 1.54) is 9.79 Å². The van der Waals surface area contributed by atoms with Gasteiger partial charge < -0.3 is 0 Å². The zero-order chi connectivity index (χ0) is 9.80. The van der Waals surface area contributed by atoms with E-state index < -0.39 is 0 Å². The van der Waals surface area contributed by atoms with Gasteiger partial charge in [-0.15, -0.1) is 12.6 Å². The summed E-state index contributed by atoms with van der Waals surface area (Å²) in [6.07, 6.45) is 0. The van der Waals surface area contributed by atoms with Gasteiger partial charge in [-0.25, -0.2) is 0 Å². The van der Waals surface area contributed by atoms with Crippen LogP contribution < -0.4 is 0 Å². The number of halogens is 6. The van der Waals surface area contributed by atoms with Crippen LogP contribution in [0.2, 0.25) is 0 Å². The molecule has 1 unspecified atom stereocenters. The summed E-state index contributed by atoms with van der Waals surface area (Å²) in [5.41, 5.74) is 0. The first kappa shape index (κ1) is 37.0. The Morgan fingerprint density at radius 3 is 1.38 bits per heavy atom. The Hall–Kier alpha value is -0.722. The van der Waals surface area contributed by atoms with E-state index in [2.05, 4.69) is 49.0 Å². The molecule has 0 aliphatic carbocycles. The van der Waals surface area contributed by atoms with E-state index in [-0.39, 0.29) is 46.2 Å². The summed E-state index contributed by atoms with van der Waals surface area (Å²) in [5.74, 6) is 0. The molecule has 0 saturated carbocycles. The second-order valence-corrected chi connectivity index (χ2v) is 4.57. The van der Waals surface area contributed by atoms with E-state index in [1.54, 1.807) is 11.8 Å². The molecule has 0 fully saturated rings. The molecule has 0 amide bonds. The molecule has 21 heavy (non-hydrogen) atoms.